The van der Waals surface area contributed by atoms with Crippen molar-refractivity contribution in [1.29, 1.82) is 0 Å². The van der Waals surface area contributed by atoms with Gasteiger partial charge in [0.1, 0.15) is 12.4 Å². The van der Waals surface area contributed by atoms with Crippen molar-refractivity contribution < 1.29 is 9.53 Å². The van der Waals surface area contributed by atoms with Gasteiger partial charge >= 0.3 is 5.97 Å². The van der Waals surface area contributed by atoms with Crippen molar-refractivity contribution in [3.63, 3.8) is 0 Å². The van der Waals surface area contributed by atoms with E-state index in [0.717, 1.165) is 18.7 Å². The highest BCUT2D eigenvalue weighted by Gasteiger charge is 2.15. The van der Waals surface area contributed by atoms with Crippen molar-refractivity contribution in [2.75, 3.05) is 25.6 Å². The van der Waals surface area contributed by atoms with Gasteiger partial charge in [-0.15, -0.1) is 0 Å². The Balaban J connectivity index is 2.12. The van der Waals surface area contributed by atoms with Gasteiger partial charge < -0.3 is 9.64 Å². The molecular formula is C12H16N2O2. The summed E-state index contributed by atoms with van der Waals surface area (Å²) in [7, 11) is 3.24. The molecule has 2 rings (SSSR count). The van der Waals surface area contributed by atoms with Gasteiger partial charge in [0.05, 0.1) is 7.11 Å². The highest BCUT2D eigenvalue weighted by atomic mass is 16.5. The molecule has 0 aliphatic heterocycles. The molecule has 0 spiro atoms. The molecule has 1 aromatic heterocycles. The Bertz CT molecular complexity index is 404. The molecule has 0 amide bonds. The summed E-state index contributed by atoms with van der Waals surface area (Å²) in [4.78, 5) is 17.5. The largest absolute Gasteiger partial charge is 0.468 e. The van der Waals surface area contributed by atoms with Gasteiger partial charge in [0.15, 0.2) is 0 Å². The Hall–Kier alpha value is -1.58. The van der Waals surface area contributed by atoms with Gasteiger partial charge in [-0.3, -0.25) is 4.79 Å². The van der Waals surface area contributed by atoms with Crippen LogP contribution in [0.15, 0.2) is 12.1 Å². The van der Waals surface area contributed by atoms with E-state index in [2.05, 4.69) is 15.8 Å². The van der Waals surface area contributed by atoms with Gasteiger partial charge in [0, 0.05) is 12.7 Å². The molecule has 0 aromatic carbocycles. The van der Waals surface area contributed by atoms with E-state index < -0.39 is 0 Å². The predicted molar refractivity (Wildman–Crippen MR) is 61.5 cm³/mol. The van der Waals surface area contributed by atoms with E-state index in [0.29, 0.717) is 0 Å². The number of pyridine rings is 1. The van der Waals surface area contributed by atoms with E-state index in [4.69, 9.17) is 0 Å². The Morgan fingerprint density at radius 3 is 3.06 bits per heavy atom. The maximum absolute atomic E-state index is 11.1. The summed E-state index contributed by atoms with van der Waals surface area (Å²) in [6, 6.07) is 4.07. The summed E-state index contributed by atoms with van der Waals surface area (Å²) >= 11 is 0. The van der Waals surface area contributed by atoms with Gasteiger partial charge in [0.25, 0.3) is 0 Å². The van der Waals surface area contributed by atoms with E-state index in [-0.39, 0.29) is 12.5 Å². The fraction of sp³-hybridized carbons (Fsp3) is 0.500. The van der Waals surface area contributed by atoms with Crippen LogP contribution < -0.4 is 4.90 Å². The van der Waals surface area contributed by atoms with Crippen LogP contribution in [0.3, 0.4) is 0 Å². The van der Waals surface area contributed by atoms with Crippen molar-refractivity contribution in [3.8, 4) is 0 Å². The summed E-state index contributed by atoms with van der Waals surface area (Å²) in [6.45, 7) is 0.238. The van der Waals surface area contributed by atoms with Crippen LogP contribution in [0.4, 0.5) is 5.82 Å². The Kier molecular flexibility index (Phi) is 3.08. The second kappa shape index (κ2) is 4.51. The van der Waals surface area contributed by atoms with Crippen LogP contribution in [0.1, 0.15) is 17.7 Å². The number of hydrogen-bond acceptors (Lipinski definition) is 4. The first-order valence-corrected chi connectivity index (χ1v) is 5.47. The van der Waals surface area contributed by atoms with E-state index >= 15 is 0 Å². The summed E-state index contributed by atoms with van der Waals surface area (Å²) in [5.41, 5.74) is 2.52. The number of esters is 1. The average Bonchev–Trinajstić information content (AvgIpc) is 2.75. The number of methoxy groups -OCH3 is 1. The number of aromatic nitrogens is 1. The van der Waals surface area contributed by atoms with Gasteiger partial charge in [-0.1, -0.05) is 6.07 Å². The molecule has 0 atom stereocenters. The third-order valence-corrected chi connectivity index (χ3v) is 2.90. The molecule has 86 valence electrons. The van der Waals surface area contributed by atoms with Gasteiger partial charge in [-0.05, 0) is 30.9 Å². The normalized spacial score (nSPS) is 13.4. The molecule has 0 radical (unpaired) electrons. The second-order valence-electron chi connectivity index (χ2n) is 4.06. The zero-order valence-electron chi connectivity index (χ0n) is 9.69. The van der Waals surface area contributed by atoms with Crippen molar-refractivity contribution >= 4 is 11.8 Å². The summed E-state index contributed by atoms with van der Waals surface area (Å²) in [5, 5.41) is 0. The van der Waals surface area contributed by atoms with Crippen LogP contribution in [0.25, 0.3) is 0 Å². The molecule has 0 saturated carbocycles. The van der Waals surface area contributed by atoms with Crippen molar-refractivity contribution in [1.82, 2.24) is 4.98 Å². The molecule has 1 aromatic rings. The van der Waals surface area contributed by atoms with E-state index in [1.165, 1.54) is 24.8 Å². The minimum absolute atomic E-state index is 0.238. The quantitative estimate of drug-likeness (QED) is 0.717. The van der Waals surface area contributed by atoms with Crippen LogP contribution >= 0.6 is 0 Å². The molecule has 1 heterocycles. The zero-order valence-corrected chi connectivity index (χ0v) is 9.69. The SMILES string of the molecule is COC(=O)CN(C)c1ccc2c(n1)CCC2. The number of fused-ring (bicyclic) bond motifs is 1. The molecule has 1 aliphatic carbocycles. The lowest BCUT2D eigenvalue weighted by Gasteiger charge is -2.17. The first-order chi connectivity index (χ1) is 7.70. The highest BCUT2D eigenvalue weighted by molar-refractivity contribution is 5.75. The van der Waals surface area contributed by atoms with Crippen molar-refractivity contribution in [3.05, 3.63) is 23.4 Å². The lowest BCUT2D eigenvalue weighted by molar-refractivity contribution is -0.138. The first-order valence-electron chi connectivity index (χ1n) is 5.47. The van der Waals surface area contributed by atoms with Crippen molar-refractivity contribution in [2.45, 2.75) is 19.3 Å². The number of rotatable bonds is 3. The minimum atomic E-state index is -0.246. The summed E-state index contributed by atoms with van der Waals surface area (Å²) in [6.07, 6.45) is 3.37. The molecule has 0 saturated heterocycles. The number of nitrogens with zero attached hydrogens (tertiary/aromatic N) is 2. The average molecular weight is 220 g/mol. The Morgan fingerprint density at radius 2 is 2.31 bits per heavy atom. The lowest BCUT2D eigenvalue weighted by atomic mass is 10.2. The third-order valence-electron chi connectivity index (χ3n) is 2.90. The number of likely N-dealkylation sites (N-methyl/N-ethyl adjacent to an activating group) is 1. The highest BCUT2D eigenvalue weighted by Crippen LogP contribution is 2.22. The lowest BCUT2D eigenvalue weighted by Crippen LogP contribution is -2.27. The predicted octanol–water partition coefficient (Wildman–Crippen LogP) is 1.18. The number of ether oxygens (including phenoxy) is 1. The number of anilines is 1. The fourth-order valence-electron chi connectivity index (χ4n) is 1.96. The summed E-state index contributed by atoms with van der Waals surface area (Å²) in [5.74, 6) is 0.593. The smallest absolute Gasteiger partial charge is 0.325 e. The maximum atomic E-state index is 11.1. The topological polar surface area (TPSA) is 42.4 Å². The van der Waals surface area contributed by atoms with Crippen LogP contribution in [-0.2, 0) is 22.4 Å². The van der Waals surface area contributed by atoms with Crippen LogP contribution in [0, 0.1) is 0 Å². The van der Waals surface area contributed by atoms with Crippen LogP contribution in [0.2, 0.25) is 0 Å². The molecule has 4 heteroatoms. The molecule has 16 heavy (non-hydrogen) atoms. The Labute approximate surface area is 95.2 Å². The number of carbonyl (C=O) groups excluding carboxylic acids is 1. The standard InChI is InChI=1S/C12H16N2O2/c1-14(8-12(15)16-2)11-7-6-9-4-3-5-10(9)13-11/h6-7H,3-5,8H2,1-2H3. The zero-order chi connectivity index (χ0) is 11.5. The third kappa shape index (κ3) is 2.15. The molecule has 0 N–H and O–H groups in total. The van der Waals surface area contributed by atoms with Gasteiger partial charge in [-0.25, -0.2) is 4.98 Å². The van der Waals surface area contributed by atoms with E-state index in [9.17, 15) is 4.79 Å². The molecule has 0 unspecified atom stereocenters. The maximum Gasteiger partial charge on any atom is 0.325 e. The molecular weight excluding hydrogens is 204 g/mol. The Morgan fingerprint density at radius 1 is 1.50 bits per heavy atom. The summed E-state index contributed by atoms with van der Waals surface area (Å²) < 4.78 is 4.63. The molecule has 4 nitrogen and oxygen atoms in total. The second-order valence-corrected chi connectivity index (χ2v) is 4.06. The molecule has 1 aliphatic rings. The number of carbonyl (C=O) groups is 1. The monoisotopic (exact) mass is 220 g/mol. The first kappa shape index (κ1) is 10.9. The van der Waals surface area contributed by atoms with Gasteiger partial charge in [-0.2, -0.15) is 0 Å². The number of hydrogen-bond donors (Lipinski definition) is 0. The van der Waals surface area contributed by atoms with Crippen molar-refractivity contribution in [2.24, 2.45) is 0 Å². The molecule has 0 fully saturated rings. The van der Waals surface area contributed by atoms with Gasteiger partial charge in [0.2, 0.25) is 0 Å². The van der Waals surface area contributed by atoms with E-state index in [1.54, 1.807) is 0 Å². The van der Waals surface area contributed by atoms with Crippen LogP contribution in [0.5, 0.6) is 0 Å². The minimum Gasteiger partial charge on any atom is -0.468 e. The van der Waals surface area contributed by atoms with Crippen LogP contribution in [-0.4, -0.2) is 31.7 Å². The fourth-order valence-corrected chi connectivity index (χ4v) is 1.96. The number of aryl methyl sites for hydroxylation is 2. The molecule has 0 bridgehead atoms. The van der Waals surface area contributed by atoms with E-state index in [1.807, 2.05) is 18.0 Å².